The van der Waals surface area contributed by atoms with Gasteiger partial charge >= 0.3 is 0 Å². The van der Waals surface area contributed by atoms with Crippen molar-refractivity contribution in [3.8, 4) is 6.07 Å². The second kappa shape index (κ2) is 5.65. The third kappa shape index (κ3) is 3.18. The Balaban J connectivity index is 2.83. The molecule has 17 heavy (non-hydrogen) atoms. The van der Waals surface area contributed by atoms with Crippen LogP contribution in [0, 0.1) is 18.3 Å². The smallest absolute Gasteiger partial charge is 0.144 e. The number of hydrogen-bond acceptors (Lipinski definition) is 4. The Morgan fingerprint density at radius 1 is 1.47 bits per heavy atom. The number of nitrogens with one attached hydrogen (secondary N) is 1. The van der Waals surface area contributed by atoms with Crippen LogP contribution in [0.15, 0.2) is 12.3 Å². The molecular formula is C13H19N3O. The van der Waals surface area contributed by atoms with Crippen molar-refractivity contribution < 1.29 is 5.11 Å². The third-order valence-corrected chi connectivity index (χ3v) is 3.17. The standard InChI is InChI=1S/C13H19N3O/c1-4-13(17,5-2)9-16-12-11(8-14)10(3)6-7-15-12/h6-7,17H,4-5,9H2,1-3H3,(H,15,16). The summed E-state index contributed by atoms with van der Waals surface area (Å²) in [6.45, 7) is 6.17. The van der Waals surface area contributed by atoms with E-state index < -0.39 is 5.60 Å². The Labute approximate surface area is 102 Å². The van der Waals surface area contributed by atoms with Crippen LogP contribution < -0.4 is 5.32 Å². The zero-order chi connectivity index (χ0) is 12.9. The Morgan fingerprint density at radius 3 is 2.65 bits per heavy atom. The van der Waals surface area contributed by atoms with Crippen molar-refractivity contribution in [1.82, 2.24) is 4.98 Å². The molecule has 4 nitrogen and oxygen atoms in total. The van der Waals surface area contributed by atoms with Gasteiger partial charge in [-0.05, 0) is 31.4 Å². The van der Waals surface area contributed by atoms with Gasteiger partial charge in [0.15, 0.2) is 0 Å². The van der Waals surface area contributed by atoms with E-state index in [0.29, 0.717) is 30.8 Å². The predicted molar refractivity (Wildman–Crippen MR) is 67.7 cm³/mol. The maximum Gasteiger partial charge on any atom is 0.144 e. The number of pyridine rings is 1. The lowest BCUT2D eigenvalue weighted by Crippen LogP contribution is -2.35. The highest BCUT2D eigenvalue weighted by atomic mass is 16.3. The van der Waals surface area contributed by atoms with Crippen LogP contribution in [0.4, 0.5) is 5.82 Å². The molecule has 0 unspecified atom stereocenters. The molecule has 0 aromatic carbocycles. The third-order valence-electron chi connectivity index (χ3n) is 3.17. The summed E-state index contributed by atoms with van der Waals surface area (Å²) in [6, 6.07) is 3.93. The summed E-state index contributed by atoms with van der Waals surface area (Å²) in [6.07, 6.45) is 3.00. The zero-order valence-corrected chi connectivity index (χ0v) is 10.6. The molecule has 0 atom stereocenters. The first-order valence-corrected chi connectivity index (χ1v) is 5.88. The topological polar surface area (TPSA) is 68.9 Å². The van der Waals surface area contributed by atoms with Gasteiger partial charge in [-0.1, -0.05) is 13.8 Å². The number of aryl methyl sites for hydroxylation is 1. The lowest BCUT2D eigenvalue weighted by atomic mass is 9.97. The summed E-state index contributed by atoms with van der Waals surface area (Å²) in [5.41, 5.74) is 0.696. The number of anilines is 1. The molecule has 0 aliphatic heterocycles. The number of rotatable bonds is 5. The summed E-state index contributed by atoms with van der Waals surface area (Å²) in [4.78, 5) is 4.14. The quantitative estimate of drug-likeness (QED) is 0.818. The molecule has 0 fully saturated rings. The Bertz CT molecular complexity index is 419. The van der Waals surface area contributed by atoms with E-state index in [1.807, 2.05) is 20.8 Å². The molecule has 0 aliphatic carbocycles. The van der Waals surface area contributed by atoms with Crippen LogP contribution in [0.1, 0.15) is 37.8 Å². The van der Waals surface area contributed by atoms with E-state index in [2.05, 4.69) is 16.4 Å². The Hall–Kier alpha value is -1.60. The van der Waals surface area contributed by atoms with Crippen LogP contribution in [-0.4, -0.2) is 22.2 Å². The molecule has 1 aromatic heterocycles. The van der Waals surface area contributed by atoms with Crippen molar-refractivity contribution in [3.63, 3.8) is 0 Å². The fourth-order valence-corrected chi connectivity index (χ4v) is 1.58. The van der Waals surface area contributed by atoms with Gasteiger partial charge in [-0.15, -0.1) is 0 Å². The van der Waals surface area contributed by atoms with E-state index in [4.69, 9.17) is 5.26 Å². The number of aromatic nitrogens is 1. The minimum absolute atomic E-state index is 0.408. The van der Waals surface area contributed by atoms with Gasteiger partial charge < -0.3 is 10.4 Å². The van der Waals surface area contributed by atoms with E-state index in [-0.39, 0.29) is 0 Å². The van der Waals surface area contributed by atoms with Gasteiger partial charge in [-0.2, -0.15) is 5.26 Å². The van der Waals surface area contributed by atoms with Crippen LogP contribution >= 0.6 is 0 Å². The molecule has 0 spiro atoms. The van der Waals surface area contributed by atoms with E-state index in [1.165, 1.54) is 0 Å². The average Bonchev–Trinajstić information content (AvgIpc) is 2.36. The normalized spacial score (nSPS) is 11.0. The maximum absolute atomic E-state index is 10.1. The molecule has 0 saturated carbocycles. The van der Waals surface area contributed by atoms with Crippen LogP contribution in [0.25, 0.3) is 0 Å². The summed E-state index contributed by atoms with van der Waals surface area (Å²) in [5.74, 6) is 0.549. The van der Waals surface area contributed by atoms with Gasteiger partial charge in [0.05, 0.1) is 11.2 Å². The van der Waals surface area contributed by atoms with Gasteiger partial charge in [0, 0.05) is 12.7 Å². The van der Waals surface area contributed by atoms with Gasteiger partial charge in [0.1, 0.15) is 11.9 Å². The zero-order valence-electron chi connectivity index (χ0n) is 10.6. The summed E-state index contributed by atoms with van der Waals surface area (Å²) in [5, 5.41) is 22.3. The highest BCUT2D eigenvalue weighted by Gasteiger charge is 2.22. The molecule has 0 radical (unpaired) electrons. The first kappa shape index (κ1) is 13.5. The predicted octanol–water partition coefficient (Wildman–Crippen LogP) is 2.22. The van der Waals surface area contributed by atoms with Crippen molar-refractivity contribution in [2.75, 3.05) is 11.9 Å². The second-order valence-corrected chi connectivity index (χ2v) is 4.25. The van der Waals surface area contributed by atoms with Crippen molar-refractivity contribution in [1.29, 1.82) is 5.26 Å². The van der Waals surface area contributed by atoms with Crippen LogP contribution in [0.2, 0.25) is 0 Å². The minimum atomic E-state index is -0.738. The van der Waals surface area contributed by atoms with E-state index in [1.54, 1.807) is 12.3 Å². The summed E-state index contributed by atoms with van der Waals surface area (Å²) in [7, 11) is 0. The molecule has 1 aromatic rings. The van der Waals surface area contributed by atoms with Gasteiger partial charge in [-0.25, -0.2) is 4.98 Å². The largest absolute Gasteiger partial charge is 0.388 e. The number of nitrogens with zero attached hydrogens (tertiary/aromatic N) is 2. The Morgan fingerprint density at radius 2 is 2.12 bits per heavy atom. The number of nitriles is 1. The average molecular weight is 233 g/mol. The van der Waals surface area contributed by atoms with Crippen molar-refractivity contribution in [2.45, 2.75) is 39.2 Å². The lowest BCUT2D eigenvalue weighted by Gasteiger charge is -2.25. The molecule has 2 N–H and O–H groups in total. The Kier molecular flexibility index (Phi) is 4.47. The SMILES string of the molecule is CCC(O)(CC)CNc1nccc(C)c1C#N. The van der Waals surface area contributed by atoms with E-state index in [9.17, 15) is 5.11 Å². The van der Waals surface area contributed by atoms with Gasteiger partial charge in [-0.3, -0.25) is 0 Å². The second-order valence-electron chi connectivity index (χ2n) is 4.25. The molecule has 4 heteroatoms. The van der Waals surface area contributed by atoms with Crippen molar-refractivity contribution in [2.24, 2.45) is 0 Å². The van der Waals surface area contributed by atoms with Crippen molar-refractivity contribution in [3.05, 3.63) is 23.4 Å². The van der Waals surface area contributed by atoms with Crippen LogP contribution in [0.3, 0.4) is 0 Å². The number of aliphatic hydroxyl groups is 1. The maximum atomic E-state index is 10.1. The lowest BCUT2D eigenvalue weighted by molar-refractivity contribution is 0.0456. The molecular weight excluding hydrogens is 214 g/mol. The van der Waals surface area contributed by atoms with Gasteiger partial charge in [0.25, 0.3) is 0 Å². The molecule has 92 valence electrons. The fraction of sp³-hybridized carbons (Fsp3) is 0.538. The molecule has 0 bridgehead atoms. The summed E-state index contributed by atoms with van der Waals surface area (Å²) >= 11 is 0. The highest BCUT2D eigenvalue weighted by Crippen LogP contribution is 2.19. The monoisotopic (exact) mass is 233 g/mol. The fourth-order valence-electron chi connectivity index (χ4n) is 1.58. The van der Waals surface area contributed by atoms with Gasteiger partial charge in [0.2, 0.25) is 0 Å². The first-order valence-electron chi connectivity index (χ1n) is 5.88. The van der Waals surface area contributed by atoms with E-state index >= 15 is 0 Å². The van der Waals surface area contributed by atoms with Crippen LogP contribution in [-0.2, 0) is 0 Å². The molecule has 0 aliphatic rings. The molecule has 1 rings (SSSR count). The van der Waals surface area contributed by atoms with Crippen LogP contribution in [0.5, 0.6) is 0 Å². The first-order chi connectivity index (χ1) is 8.06. The molecule has 0 saturated heterocycles. The van der Waals surface area contributed by atoms with E-state index in [0.717, 1.165) is 5.56 Å². The van der Waals surface area contributed by atoms with Crippen molar-refractivity contribution >= 4 is 5.82 Å². The number of hydrogen-bond donors (Lipinski definition) is 2. The molecule has 1 heterocycles. The summed E-state index contributed by atoms with van der Waals surface area (Å²) < 4.78 is 0. The highest BCUT2D eigenvalue weighted by molar-refractivity contribution is 5.55. The molecule has 0 amide bonds. The minimum Gasteiger partial charge on any atom is -0.388 e.